The lowest BCUT2D eigenvalue weighted by Gasteiger charge is -2.05. The highest BCUT2D eigenvalue weighted by molar-refractivity contribution is 6.42. The second-order valence-corrected chi connectivity index (χ2v) is 8.51. The van der Waals surface area contributed by atoms with Gasteiger partial charge in [0.15, 0.2) is 5.65 Å². The van der Waals surface area contributed by atoms with E-state index in [0.29, 0.717) is 38.8 Å². The number of nitrogens with zero attached hydrogens (tertiary/aromatic N) is 4. The van der Waals surface area contributed by atoms with Gasteiger partial charge in [-0.25, -0.2) is 9.97 Å². The first-order valence-corrected chi connectivity index (χ1v) is 11.6. The number of hydrogen-bond donors (Lipinski definition) is 2. The van der Waals surface area contributed by atoms with Gasteiger partial charge in [0.25, 0.3) is 5.91 Å². The molecule has 0 atom stereocenters. The maximum atomic E-state index is 13.1. The van der Waals surface area contributed by atoms with Gasteiger partial charge in [-0.3, -0.25) is 4.79 Å². The van der Waals surface area contributed by atoms with Crippen LogP contribution in [0.2, 0.25) is 10.0 Å². The minimum absolute atomic E-state index is 0.169. The summed E-state index contributed by atoms with van der Waals surface area (Å²) in [5.74, 6) is -0.121. The molecule has 1 amide bonds. The molecule has 3 N–H and O–H groups in total. The first-order chi connectivity index (χ1) is 16.0. The van der Waals surface area contributed by atoms with Crippen molar-refractivity contribution < 1.29 is 4.79 Å². The molecule has 7 nitrogen and oxygen atoms in total. The Morgan fingerprint density at radius 3 is 2.58 bits per heavy atom. The van der Waals surface area contributed by atoms with Crippen LogP contribution in [-0.4, -0.2) is 33.3 Å². The molecule has 2 aromatic carbocycles. The number of carbonyl (C=O) groups is 1. The van der Waals surface area contributed by atoms with Gasteiger partial charge < -0.3 is 11.1 Å². The molecule has 0 aliphatic carbocycles. The highest BCUT2D eigenvalue weighted by Crippen LogP contribution is 2.28. The molecule has 0 saturated carbocycles. The van der Waals surface area contributed by atoms with Gasteiger partial charge in [0.2, 0.25) is 0 Å². The molecular weight excluding hydrogens is 459 g/mol. The minimum Gasteiger partial charge on any atom is -0.383 e. The van der Waals surface area contributed by atoms with Crippen LogP contribution in [0.4, 0.5) is 5.82 Å². The van der Waals surface area contributed by atoms with Crippen molar-refractivity contribution in [2.24, 2.45) is 5.10 Å². The smallest absolute Gasteiger partial charge is 0.257 e. The van der Waals surface area contributed by atoms with E-state index in [1.807, 2.05) is 24.3 Å². The van der Waals surface area contributed by atoms with E-state index in [4.69, 9.17) is 28.9 Å². The van der Waals surface area contributed by atoms with E-state index in [9.17, 15) is 4.79 Å². The summed E-state index contributed by atoms with van der Waals surface area (Å²) in [7, 11) is 0. The van der Waals surface area contributed by atoms with Crippen LogP contribution in [0.15, 0.2) is 47.6 Å². The predicted octanol–water partition coefficient (Wildman–Crippen LogP) is 5.67. The molecule has 4 aromatic rings. The quantitative estimate of drug-likeness (QED) is 0.249. The largest absolute Gasteiger partial charge is 0.383 e. The highest BCUT2D eigenvalue weighted by Gasteiger charge is 2.23. The van der Waals surface area contributed by atoms with Crippen molar-refractivity contribution in [3.8, 4) is 0 Å². The average Bonchev–Trinajstić information content (AvgIpc) is 3.08. The maximum Gasteiger partial charge on any atom is 0.257 e. The molecule has 2 heterocycles. The van der Waals surface area contributed by atoms with Crippen LogP contribution in [-0.2, 0) is 0 Å². The van der Waals surface area contributed by atoms with Crippen LogP contribution in [0.3, 0.4) is 0 Å². The lowest BCUT2D eigenvalue weighted by atomic mass is 10.2. The first-order valence-electron chi connectivity index (χ1n) is 10.8. The molecule has 0 spiro atoms. The van der Waals surface area contributed by atoms with Gasteiger partial charge >= 0.3 is 0 Å². The van der Waals surface area contributed by atoms with E-state index in [2.05, 4.69) is 27.3 Å². The monoisotopic (exact) mass is 482 g/mol. The summed E-state index contributed by atoms with van der Waals surface area (Å²) >= 11 is 12.1. The Balaban J connectivity index is 1.76. The number of nitrogens with one attached hydrogen (secondary N) is 1. The summed E-state index contributed by atoms with van der Waals surface area (Å²) in [5.41, 5.74) is 9.56. The topological polar surface area (TPSA) is 98.2 Å². The highest BCUT2D eigenvalue weighted by atomic mass is 35.5. The Bertz CT molecular complexity index is 1350. The zero-order valence-corrected chi connectivity index (χ0v) is 19.7. The number of hydrogen-bond acceptors (Lipinski definition) is 5. The van der Waals surface area contributed by atoms with Crippen LogP contribution in [0.25, 0.3) is 22.2 Å². The number of aromatic nitrogens is 3. The second kappa shape index (κ2) is 10.2. The van der Waals surface area contributed by atoms with Crippen LogP contribution in [0, 0.1) is 0 Å². The molecule has 0 aliphatic heterocycles. The summed E-state index contributed by atoms with van der Waals surface area (Å²) in [6.45, 7) is 2.72. The Morgan fingerprint density at radius 2 is 1.85 bits per heavy atom. The molecule has 170 valence electrons. The average molecular weight is 483 g/mol. The van der Waals surface area contributed by atoms with Crippen molar-refractivity contribution in [3.05, 3.63) is 63.6 Å². The Morgan fingerprint density at radius 1 is 1.09 bits per heavy atom. The van der Waals surface area contributed by atoms with Crippen molar-refractivity contribution in [1.82, 2.24) is 20.0 Å². The van der Waals surface area contributed by atoms with E-state index >= 15 is 0 Å². The van der Waals surface area contributed by atoms with Crippen molar-refractivity contribution in [2.75, 3.05) is 12.3 Å². The lowest BCUT2D eigenvalue weighted by Crippen LogP contribution is -2.25. The number of anilines is 1. The summed E-state index contributed by atoms with van der Waals surface area (Å²) in [6, 6.07) is 12.6. The van der Waals surface area contributed by atoms with Crippen LogP contribution in [0.1, 0.15) is 48.5 Å². The van der Waals surface area contributed by atoms with E-state index < -0.39 is 0 Å². The van der Waals surface area contributed by atoms with E-state index in [0.717, 1.165) is 31.2 Å². The number of unbranched alkanes of at least 4 members (excludes halogenated alkanes) is 3. The number of nitrogen functional groups attached to an aromatic ring is 1. The van der Waals surface area contributed by atoms with E-state index in [1.165, 1.54) is 4.68 Å². The van der Waals surface area contributed by atoms with Crippen molar-refractivity contribution in [1.29, 1.82) is 0 Å². The molecule has 2 aromatic heterocycles. The predicted molar refractivity (Wildman–Crippen MR) is 135 cm³/mol. The van der Waals surface area contributed by atoms with Crippen molar-refractivity contribution in [2.45, 2.75) is 32.6 Å². The fourth-order valence-corrected chi connectivity index (χ4v) is 3.85. The molecule has 4 rings (SSSR count). The molecule has 0 bridgehead atoms. The Hall–Kier alpha value is -3.16. The third-order valence-electron chi connectivity index (χ3n) is 5.28. The van der Waals surface area contributed by atoms with Crippen molar-refractivity contribution in [3.63, 3.8) is 0 Å². The number of amides is 1. The number of nitrogens with two attached hydrogens (primary N) is 1. The zero-order chi connectivity index (χ0) is 23.4. The SMILES string of the molecule is CCCCCCNC(=O)c1c(N)n(N=Cc2ccc(Cl)c(Cl)c2)c2nc3ccccc3nc12. The second-order valence-electron chi connectivity index (χ2n) is 7.69. The lowest BCUT2D eigenvalue weighted by molar-refractivity contribution is 0.0955. The standard InChI is InChI=1S/C24H24Cl2N6O/c1-2-3-4-7-12-28-24(33)20-21-23(31-19-9-6-5-8-18(19)30-21)32(22(20)27)29-14-15-10-11-16(25)17(26)13-15/h5-6,8-11,13-14H,2-4,7,12,27H2,1H3,(H,28,33). The molecule has 0 unspecified atom stereocenters. The van der Waals surface area contributed by atoms with Crippen LogP contribution < -0.4 is 11.1 Å². The fourth-order valence-electron chi connectivity index (χ4n) is 3.55. The number of benzene rings is 2. The van der Waals surface area contributed by atoms with Gasteiger partial charge in [-0.15, -0.1) is 0 Å². The maximum absolute atomic E-state index is 13.1. The number of halogens is 2. The molecule has 0 radical (unpaired) electrons. The third kappa shape index (κ3) is 4.94. The minimum atomic E-state index is -0.290. The van der Waals surface area contributed by atoms with E-state index in [1.54, 1.807) is 24.4 Å². The fraction of sp³-hybridized carbons (Fsp3) is 0.250. The van der Waals surface area contributed by atoms with Crippen molar-refractivity contribution >= 4 is 63.3 Å². The summed E-state index contributed by atoms with van der Waals surface area (Å²) in [6.07, 6.45) is 5.82. The van der Waals surface area contributed by atoms with Gasteiger partial charge in [0.1, 0.15) is 16.9 Å². The van der Waals surface area contributed by atoms with Crippen LogP contribution in [0.5, 0.6) is 0 Å². The summed E-state index contributed by atoms with van der Waals surface area (Å²) in [5, 5.41) is 8.31. The Kier molecular flexibility index (Phi) is 7.11. The molecule has 0 aliphatic rings. The van der Waals surface area contributed by atoms with Crippen LogP contribution >= 0.6 is 23.2 Å². The first kappa shape index (κ1) is 23.0. The molecule has 9 heteroatoms. The number of rotatable bonds is 8. The number of para-hydroxylation sites is 2. The van der Waals surface area contributed by atoms with E-state index in [-0.39, 0.29) is 17.3 Å². The molecular formula is C24H24Cl2N6O. The molecule has 33 heavy (non-hydrogen) atoms. The number of fused-ring (bicyclic) bond motifs is 2. The third-order valence-corrected chi connectivity index (χ3v) is 6.02. The summed E-state index contributed by atoms with van der Waals surface area (Å²) in [4.78, 5) is 22.4. The van der Waals surface area contributed by atoms with Gasteiger partial charge in [0, 0.05) is 6.54 Å². The Labute approximate surface area is 201 Å². The van der Waals surface area contributed by atoms with Gasteiger partial charge in [-0.05, 0) is 36.2 Å². The molecule has 0 saturated heterocycles. The molecule has 0 fully saturated rings. The number of carbonyl (C=O) groups excluding carboxylic acids is 1. The van der Waals surface area contributed by atoms with Gasteiger partial charge in [-0.1, -0.05) is 67.6 Å². The van der Waals surface area contributed by atoms with Gasteiger partial charge in [-0.2, -0.15) is 9.78 Å². The zero-order valence-electron chi connectivity index (χ0n) is 18.2. The summed E-state index contributed by atoms with van der Waals surface area (Å²) < 4.78 is 1.43. The normalized spacial score (nSPS) is 11.6. The van der Waals surface area contributed by atoms with Gasteiger partial charge in [0.05, 0.1) is 27.3 Å².